The number of nitriles is 1. The summed E-state index contributed by atoms with van der Waals surface area (Å²) >= 11 is 0. The lowest BCUT2D eigenvalue weighted by Crippen LogP contribution is -2.47. The van der Waals surface area contributed by atoms with Crippen LogP contribution in [0.5, 0.6) is 0 Å². The molecule has 1 saturated carbocycles. The second-order valence-electron chi connectivity index (χ2n) is 4.11. The molecule has 0 N–H and O–H groups in total. The van der Waals surface area contributed by atoms with E-state index in [1.807, 2.05) is 6.92 Å². The zero-order valence-corrected chi connectivity index (χ0v) is 8.95. The van der Waals surface area contributed by atoms with Crippen LogP contribution in [0.25, 0.3) is 0 Å². The van der Waals surface area contributed by atoms with Gasteiger partial charge in [-0.15, -0.1) is 0 Å². The maximum absolute atomic E-state index is 11.7. The molecule has 0 aromatic heterocycles. The molecule has 3 heteroatoms. The van der Waals surface area contributed by atoms with Gasteiger partial charge in [0.1, 0.15) is 5.54 Å². The Balaban J connectivity index is 2.85. The third kappa shape index (κ3) is 2.14. The molecule has 0 atom stereocenters. The van der Waals surface area contributed by atoms with E-state index in [0.29, 0.717) is 0 Å². The van der Waals surface area contributed by atoms with E-state index < -0.39 is 5.54 Å². The van der Waals surface area contributed by atoms with Gasteiger partial charge in [0.05, 0.1) is 6.07 Å². The summed E-state index contributed by atoms with van der Waals surface area (Å²) in [4.78, 5) is 13.4. The fraction of sp³-hybridized carbons (Fsp3) is 0.636. The SMILES string of the molecule is CC=CC(=O)N(C1CC1)C(C)(C)C#N. The standard InChI is InChI=1S/C11H16N2O/c1-4-5-10(14)13(9-6-7-9)11(2,3)8-12/h4-5,9H,6-7H2,1-3H3. The predicted octanol–water partition coefficient (Wildman–Crippen LogP) is 1.86. The van der Waals surface area contributed by atoms with Crippen LogP contribution in [0.3, 0.4) is 0 Å². The highest BCUT2D eigenvalue weighted by atomic mass is 16.2. The smallest absolute Gasteiger partial charge is 0.247 e. The van der Waals surface area contributed by atoms with Gasteiger partial charge in [-0.25, -0.2) is 0 Å². The first kappa shape index (κ1) is 10.8. The van der Waals surface area contributed by atoms with Crippen molar-refractivity contribution < 1.29 is 4.79 Å². The van der Waals surface area contributed by atoms with E-state index in [4.69, 9.17) is 5.26 Å². The molecule has 1 rings (SSSR count). The zero-order chi connectivity index (χ0) is 10.8. The maximum Gasteiger partial charge on any atom is 0.247 e. The molecule has 0 heterocycles. The number of allylic oxidation sites excluding steroid dienone is 1. The summed E-state index contributed by atoms with van der Waals surface area (Å²) in [5, 5.41) is 8.99. The summed E-state index contributed by atoms with van der Waals surface area (Å²) in [6.07, 6.45) is 5.28. The summed E-state index contributed by atoms with van der Waals surface area (Å²) in [6.45, 7) is 5.38. The lowest BCUT2D eigenvalue weighted by molar-refractivity contribution is -0.130. The van der Waals surface area contributed by atoms with Crippen molar-refractivity contribution in [2.45, 2.75) is 45.2 Å². The largest absolute Gasteiger partial charge is 0.318 e. The number of amides is 1. The van der Waals surface area contributed by atoms with Gasteiger partial charge in [0.15, 0.2) is 0 Å². The lowest BCUT2D eigenvalue weighted by atomic mass is 10.0. The first-order chi connectivity index (χ1) is 6.53. The van der Waals surface area contributed by atoms with E-state index in [1.54, 1.807) is 24.8 Å². The van der Waals surface area contributed by atoms with Gasteiger partial charge in [-0.1, -0.05) is 6.08 Å². The Kier molecular flexibility index (Phi) is 2.95. The van der Waals surface area contributed by atoms with Crippen molar-refractivity contribution in [2.75, 3.05) is 0 Å². The monoisotopic (exact) mass is 192 g/mol. The summed E-state index contributed by atoms with van der Waals surface area (Å²) in [7, 11) is 0. The summed E-state index contributed by atoms with van der Waals surface area (Å²) in [5.74, 6) is -0.0541. The molecule has 0 saturated heterocycles. The van der Waals surface area contributed by atoms with Gasteiger partial charge in [-0.05, 0) is 39.7 Å². The van der Waals surface area contributed by atoms with E-state index in [0.717, 1.165) is 12.8 Å². The van der Waals surface area contributed by atoms with Crippen LogP contribution in [0.15, 0.2) is 12.2 Å². The quantitative estimate of drug-likeness (QED) is 0.640. The molecule has 1 fully saturated rings. The van der Waals surface area contributed by atoms with Crippen LogP contribution < -0.4 is 0 Å². The van der Waals surface area contributed by atoms with Crippen LogP contribution in [0.2, 0.25) is 0 Å². The highest BCUT2D eigenvalue weighted by Crippen LogP contribution is 2.32. The van der Waals surface area contributed by atoms with Crippen LogP contribution in [0.4, 0.5) is 0 Å². The van der Waals surface area contributed by atoms with Gasteiger partial charge in [-0.3, -0.25) is 4.79 Å². The second kappa shape index (κ2) is 3.83. The molecule has 1 aliphatic carbocycles. The highest BCUT2D eigenvalue weighted by Gasteiger charge is 2.40. The molecular weight excluding hydrogens is 176 g/mol. The van der Waals surface area contributed by atoms with Crippen molar-refractivity contribution in [3.63, 3.8) is 0 Å². The maximum atomic E-state index is 11.7. The molecule has 0 radical (unpaired) electrons. The van der Waals surface area contributed by atoms with Crippen molar-refractivity contribution >= 4 is 5.91 Å². The second-order valence-corrected chi connectivity index (χ2v) is 4.11. The van der Waals surface area contributed by atoms with Gasteiger partial charge in [0.2, 0.25) is 5.91 Å². The Morgan fingerprint density at radius 3 is 2.50 bits per heavy atom. The third-order valence-corrected chi connectivity index (χ3v) is 2.33. The van der Waals surface area contributed by atoms with Gasteiger partial charge in [0.25, 0.3) is 0 Å². The summed E-state index contributed by atoms with van der Waals surface area (Å²) in [6, 6.07) is 2.44. The van der Waals surface area contributed by atoms with E-state index in [-0.39, 0.29) is 11.9 Å². The molecule has 0 unspecified atom stereocenters. The Hall–Kier alpha value is -1.30. The molecule has 0 aromatic rings. The average Bonchev–Trinajstić information content (AvgIpc) is 2.89. The van der Waals surface area contributed by atoms with Gasteiger partial charge in [-0.2, -0.15) is 5.26 Å². The van der Waals surface area contributed by atoms with Gasteiger partial charge >= 0.3 is 0 Å². The minimum absolute atomic E-state index is 0.0541. The van der Waals surface area contributed by atoms with Crippen LogP contribution in [-0.2, 0) is 4.79 Å². The zero-order valence-electron chi connectivity index (χ0n) is 8.95. The number of rotatable bonds is 3. The molecule has 0 spiro atoms. The van der Waals surface area contributed by atoms with Crippen molar-refractivity contribution in [1.29, 1.82) is 5.26 Å². The average molecular weight is 192 g/mol. The minimum atomic E-state index is -0.697. The lowest BCUT2D eigenvalue weighted by Gasteiger charge is -2.32. The first-order valence-electron chi connectivity index (χ1n) is 4.90. The topological polar surface area (TPSA) is 44.1 Å². The molecule has 0 aliphatic heterocycles. The van der Waals surface area contributed by atoms with Crippen molar-refractivity contribution in [2.24, 2.45) is 0 Å². The molecular formula is C11H16N2O. The van der Waals surface area contributed by atoms with Crippen molar-refractivity contribution in [1.82, 2.24) is 4.90 Å². The fourth-order valence-electron chi connectivity index (χ4n) is 1.52. The summed E-state index contributed by atoms with van der Waals surface area (Å²) in [5.41, 5.74) is -0.697. The Labute approximate surface area is 85.0 Å². The van der Waals surface area contributed by atoms with E-state index in [1.165, 1.54) is 6.08 Å². The van der Waals surface area contributed by atoms with Crippen molar-refractivity contribution in [3.8, 4) is 6.07 Å². The molecule has 1 aliphatic rings. The summed E-state index contributed by atoms with van der Waals surface area (Å²) < 4.78 is 0. The van der Waals surface area contributed by atoms with Crippen LogP contribution in [0, 0.1) is 11.3 Å². The highest BCUT2D eigenvalue weighted by molar-refractivity contribution is 5.89. The Morgan fingerprint density at radius 1 is 1.57 bits per heavy atom. The predicted molar refractivity (Wildman–Crippen MR) is 54.4 cm³/mol. The molecule has 3 nitrogen and oxygen atoms in total. The number of carbonyl (C=O) groups excluding carboxylic acids is 1. The number of nitrogens with zero attached hydrogens (tertiary/aromatic N) is 2. The first-order valence-corrected chi connectivity index (χ1v) is 4.90. The molecule has 0 bridgehead atoms. The minimum Gasteiger partial charge on any atom is -0.318 e. The van der Waals surface area contributed by atoms with E-state index >= 15 is 0 Å². The normalized spacial score (nSPS) is 16.7. The van der Waals surface area contributed by atoms with Crippen LogP contribution in [0.1, 0.15) is 33.6 Å². The Bertz CT molecular complexity index is 295. The Morgan fingerprint density at radius 2 is 2.14 bits per heavy atom. The number of hydrogen-bond donors (Lipinski definition) is 0. The van der Waals surface area contributed by atoms with Gasteiger partial charge in [0, 0.05) is 6.04 Å². The molecule has 76 valence electrons. The van der Waals surface area contributed by atoms with Crippen LogP contribution in [-0.4, -0.2) is 22.4 Å². The van der Waals surface area contributed by atoms with Crippen LogP contribution >= 0.6 is 0 Å². The molecule has 14 heavy (non-hydrogen) atoms. The van der Waals surface area contributed by atoms with Gasteiger partial charge < -0.3 is 4.90 Å². The molecule has 1 amide bonds. The number of carbonyl (C=O) groups is 1. The fourth-order valence-corrected chi connectivity index (χ4v) is 1.52. The van der Waals surface area contributed by atoms with E-state index in [2.05, 4.69) is 6.07 Å². The molecule has 0 aromatic carbocycles. The number of hydrogen-bond acceptors (Lipinski definition) is 2. The third-order valence-electron chi connectivity index (χ3n) is 2.33. The van der Waals surface area contributed by atoms with Crippen molar-refractivity contribution in [3.05, 3.63) is 12.2 Å². The van der Waals surface area contributed by atoms with E-state index in [9.17, 15) is 4.79 Å².